The molecule has 102 valence electrons. The van der Waals surface area contributed by atoms with Crippen LogP contribution in [0.5, 0.6) is 0 Å². The van der Waals surface area contributed by atoms with Crippen LogP contribution in [0.25, 0.3) is 0 Å². The Morgan fingerprint density at radius 1 is 1.44 bits per heavy atom. The van der Waals surface area contributed by atoms with Crippen molar-refractivity contribution in [1.29, 1.82) is 0 Å². The molecule has 0 fully saturated rings. The summed E-state index contributed by atoms with van der Waals surface area (Å²) in [5.74, 6) is 5.08. The van der Waals surface area contributed by atoms with Crippen molar-refractivity contribution >= 4 is 23.5 Å². The van der Waals surface area contributed by atoms with E-state index in [1.807, 2.05) is 0 Å². The maximum atomic E-state index is 13.5. The smallest absolute Gasteiger partial charge is 0.320 e. The van der Waals surface area contributed by atoms with E-state index in [9.17, 15) is 13.3 Å². The quantitative estimate of drug-likeness (QED) is 0.241. The number of rotatable bonds is 4. The predicted molar refractivity (Wildman–Crippen MR) is 64.3 cm³/mol. The highest BCUT2D eigenvalue weighted by molar-refractivity contribution is 9.10. The van der Waals surface area contributed by atoms with Crippen molar-refractivity contribution in [2.45, 2.75) is 11.8 Å². The molecule has 18 heavy (non-hydrogen) atoms. The molecule has 1 aromatic carbocycles. The third kappa shape index (κ3) is 2.94. The van der Waals surface area contributed by atoms with Gasteiger partial charge in [-0.2, -0.15) is 8.78 Å². The van der Waals surface area contributed by atoms with Gasteiger partial charge in [-0.25, -0.2) is 5.43 Å². The van der Waals surface area contributed by atoms with Crippen molar-refractivity contribution in [2.24, 2.45) is 11.6 Å². The number of benzene rings is 1. The lowest BCUT2D eigenvalue weighted by molar-refractivity contribution is 0.0557. The SMILES string of the molecule is NNC(N)c1ccc(C(F)(F)P(=O)(O)O)c(Br)c1. The van der Waals surface area contributed by atoms with Crippen molar-refractivity contribution in [3.8, 4) is 0 Å². The topological polar surface area (TPSA) is 122 Å². The van der Waals surface area contributed by atoms with Crippen LogP contribution < -0.4 is 17.0 Å². The first kappa shape index (κ1) is 15.6. The Kier molecular flexibility index (Phi) is 4.60. The molecule has 0 aliphatic heterocycles. The van der Waals surface area contributed by atoms with Crippen LogP contribution in [0, 0.1) is 0 Å². The van der Waals surface area contributed by atoms with Gasteiger partial charge in [-0.15, -0.1) is 0 Å². The molecule has 0 heterocycles. The van der Waals surface area contributed by atoms with Crippen molar-refractivity contribution in [3.05, 3.63) is 33.8 Å². The first-order chi connectivity index (χ1) is 8.11. The second kappa shape index (κ2) is 5.30. The van der Waals surface area contributed by atoms with E-state index in [4.69, 9.17) is 21.4 Å². The average Bonchev–Trinajstić information content (AvgIpc) is 2.25. The summed E-state index contributed by atoms with van der Waals surface area (Å²) in [6, 6.07) is 3.30. The van der Waals surface area contributed by atoms with E-state index >= 15 is 0 Å². The Bertz CT molecular complexity index is 496. The largest absolute Gasteiger partial charge is 0.399 e. The molecule has 6 nitrogen and oxygen atoms in total. The van der Waals surface area contributed by atoms with E-state index in [0.717, 1.165) is 6.07 Å². The molecular weight excluding hydrogens is 335 g/mol. The minimum atomic E-state index is -5.60. The second-order valence-electron chi connectivity index (χ2n) is 3.47. The number of nitrogens with two attached hydrogens (primary N) is 2. The lowest BCUT2D eigenvalue weighted by Gasteiger charge is -2.20. The Labute approximate surface area is 110 Å². The normalized spacial score (nSPS) is 14.6. The maximum absolute atomic E-state index is 13.5. The van der Waals surface area contributed by atoms with Gasteiger partial charge in [0.15, 0.2) is 0 Å². The fourth-order valence-electron chi connectivity index (χ4n) is 1.22. The molecule has 0 saturated heterocycles. The molecule has 0 aliphatic rings. The lowest BCUT2D eigenvalue weighted by Crippen LogP contribution is -2.34. The van der Waals surface area contributed by atoms with Crippen LogP contribution in [0.4, 0.5) is 8.78 Å². The van der Waals surface area contributed by atoms with Crippen LogP contribution in [0.15, 0.2) is 22.7 Å². The minimum Gasteiger partial charge on any atom is -0.320 e. The first-order valence-electron chi connectivity index (χ1n) is 4.56. The summed E-state index contributed by atoms with van der Waals surface area (Å²) in [4.78, 5) is 17.3. The van der Waals surface area contributed by atoms with Gasteiger partial charge >= 0.3 is 13.3 Å². The maximum Gasteiger partial charge on any atom is 0.399 e. The zero-order chi connectivity index (χ0) is 14.1. The summed E-state index contributed by atoms with van der Waals surface area (Å²) in [7, 11) is -5.60. The van der Waals surface area contributed by atoms with Crippen LogP contribution in [0.1, 0.15) is 17.3 Å². The summed E-state index contributed by atoms with van der Waals surface area (Å²) < 4.78 is 37.5. The zero-order valence-electron chi connectivity index (χ0n) is 8.85. The monoisotopic (exact) mass is 345 g/mol. The Morgan fingerprint density at radius 3 is 2.39 bits per heavy atom. The van der Waals surface area contributed by atoms with Crippen molar-refractivity contribution in [3.63, 3.8) is 0 Å². The summed E-state index contributed by atoms with van der Waals surface area (Å²) >= 11 is 2.83. The van der Waals surface area contributed by atoms with E-state index in [2.05, 4.69) is 21.4 Å². The van der Waals surface area contributed by atoms with Crippen molar-refractivity contribution in [1.82, 2.24) is 5.43 Å². The highest BCUT2D eigenvalue weighted by Gasteiger charge is 2.51. The van der Waals surface area contributed by atoms with E-state index in [1.54, 1.807) is 0 Å². The number of nitrogens with one attached hydrogen (secondary N) is 1. The molecule has 7 N–H and O–H groups in total. The first-order valence-corrected chi connectivity index (χ1v) is 6.97. The van der Waals surface area contributed by atoms with Crippen LogP contribution in [-0.4, -0.2) is 9.79 Å². The van der Waals surface area contributed by atoms with Gasteiger partial charge in [0.2, 0.25) is 0 Å². The Balaban J connectivity index is 3.26. The average molecular weight is 346 g/mol. The molecule has 0 bridgehead atoms. The molecule has 0 aliphatic carbocycles. The van der Waals surface area contributed by atoms with Gasteiger partial charge in [-0.1, -0.05) is 28.1 Å². The molecule has 0 aromatic heterocycles. The molecule has 1 aromatic rings. The lowest BCUT2D eigenvalue weighted by atomic mass is 10.1. The predicted octanol–water partition coefficient (Wildman–Crippen LogP) is 1.10. The number of halogens is 3. The summed E-state index contributed by atoms with van der Waals surface area (Å²) in [6.07, 6.45) is -0.779. The molecular formula is C8H11BrF2N3O3P. The van der Waals surface area contributed by atoms with Crippen LogP contribution in [0.2, 0.25) is 0 Å². The van der Waals surface area contributed by atoms with E-state index in [1.165, 1.54) is 12.1 Å². The summed E-state index contributed by atoms with van der Waals surface area (Å²) in [5.41, 5.74) is 3.02. The van der Waals surface area contributed by atoms with Gasteiger partial charge < -0.3 is 15.5 Å². The minimum absolute atomic E-state index is 0.168. The third-order valence-corrected chi connectivity index (χ3v) is 3.85. The molecule has 1 rings (SSSR count). The number of hydrazine groups is 1. The van der Waals surface area contributed by atoms with Gasteiger partial charge in [0.05, 0.1) is 6.17 Å². The van der Waals surface area contributed by atoms with Gasteiger partial charge in [-0.05, 0) is 11.6 Å². The summed E-state index contributed by atoms with van der Waals surface area (Å²) in [5, 5.41) is 0. The highest BCUT2D eigenvalue weighted by atomic mass is 79.9. The van der Waals surface area contributed by atoms with Gasteiger partial charge in [-0.3, -0.25) is 10.4 Å². The van der Waals surface area contributed by atoms with Crippen LogP contribution in [-0.2, 0) is 10.2 Å². The third-order valence-electron chi connectivity index (χ3n) is 2.22. The standard InChI is InChI=1S/C8H11BrF2N3O3P/c9-6-3-4(7(12)14-13)1-2-5(6)8(10,11)18(15,16)17/h1-3,7,14H,12-13H2,(H2,15,16,17). The molecule has 0 spiro atoms. The van der Waals surface area contributed by atoms with E-state index in [-0.39, 0.29) is 4.47 Å². The van der Waals surface area contributed by atoms with Crippen molar-refractivity contribution < 1.29 is 23.1 Å². The zero-order valence-corrected chi connectivity index (χ0v) is 11.3. The van der Waals surface area contributed by atoms with Gasteiger partial charge in [0.25, 0.3) is 0 Å². The molecule has 10 heteroatoms. The Hall–Kier alpha value is -0.410. The molecule has 0 radical (unpaired) electrons. The van der Waals surface area contributed by atoms with E-state index < -0.39 is 25.0 Å². The molecule has 1 unspecified atom stereocenters. The van der Waals surface area contributed by atoms with Gasteiger partial charge in [0.1, 0.15) is 0 Å². The highest BCUT2D eigenvalue weighted by Crippen LogP contribution is 2.60. The van der Waals surface area contributed by atoms with Crippen LogP contribution >= 0.6 is 23.5 Å². The number of alkyl halides is 2. The molecule has 0 saturated carbocycles. The fourth-order valence-corrected chi connectivity index (χ4v) is 2.53. The number of hydrogen-bond acceptors (Lipinski definition) is 4. The molecule has 1 atom stereocenters. The summed E-state index contributed by atoms with van der Waals surface area (Å²) in [6.45, 7) is 0. The molecule has 0 amide bonds. The second-order valence-corrected chi connectivity index (χ2v) is 5.97. The van der Waals surface area contributed by atoms with Gasteiger partial charge in [0, 0.05) is 10.0 Å². The van der Waals surface area contributed by atoms with Crippen molar-refractivity contribution in [2.75, 3.05) is 0 Å². The number of hydrogen-bond donors (Lipinski definition) is 5. The van der Waals surface area contributed by atoms with Crippen LogP contribution in [0.3, 0.4) is 0 Å². The fraction of sp³-hybridized carbons (Fsp3) is 0.250. The van der Waals surface area contributed by atoms with E-state index in [0.29, 0.717) is 5.56 Å². The Morgan fingerprint density at radius 2 is 2.00 bits per heavy atom.